The van der Waals surface area contributed by atoms with Crippen LogP contribution in [0.2, 0.25) is 0 Å². The van der Waals surface area contributed by atoms with E-state index in [0.29, 0.717) is 25.7 Å². The van der Waals surface area contributed by atoms with Crippen molar-refractivity contribution in [2.45, 2.75) is 83.0 Å². The zero-order valence-corrected chi connectivity index (χ0v) is 20.1. The van der Waals surface area contributed by atoms with Crippen LogP contribution in [-0.4, -0.2) is 47.1 Å². The molecule has 1 aliphatic heterocycles. The summed E-state index contributed by atoms with van der Waals surface area (Å²) >= 11 is 0. The molecule has 0 aromatic heterocycles. The van der Waals surface area contributed by atoms with Gasteiger partial charge in [-0.25, -0.2) is 0 Å². The van der Waals surface area contributed by atoms with E-state index in [1.165, 1.54) is 7.11 Å². The summed E-state index contributed by atoms with van der Waals surface area (Å²) in [6, 6.07) is 0. The lowest BCUT2D eigenvalue weighted by Crippen LogP contribution is -2.62. The molecule has 5 rings (SSSR count). The number of ether oxygens (including phenoxy) is 2. The van der Waals surface area contributed by atoms with Crippen molar-refractivity contribution in [2.75, 3.05) is 7.11 Å². The first-order valence-electron chi connectivity index (χ1n) is 12.6. The normalized spacial score (nSPS) is 49.4. The minimum Gasteiger partial charge on any atom is -0.469 e. The van der Waals surface area contributed by atoms with Crippen molar-refractivity contribution >= 4 is 11.9 Å². The van der Waals surface area contributed by atoms with E-state index in [4.69, 9.17) is 9.47 Å². The molecule has 5 aliphatic rings. The number of hydrogen-bond donors (Lipinski definition) is 2. The molecule has 0 amide bonds. The van der Waals surface area contributed by atoms with Gasteiger partial charge >= 0.3 is 11.9 Å². The molecule has 1 saturated heterocycles. The van der Waals surface area contributed by atoms with Gasteiger partial charge in [-0.15, -0.1) is 6.58 Å². The summed E-state index contributed by atoms with van der Waals surface area (Å²) in [5.74, 6) is -0.504. The summed E-state index contributed by atoms with van der Waals surface area (Å²) in [6.45, 7) is 8.41. The molecule has 6 heteroatoms. The van der Waals surface area contributed by atoms with Gasteiger partial charge in [0.05, 0.1) is 25.2 Å². The topological polar surface area (TPSA) is 93.1 Å². The quantitative estimate of drug-likeness (QED) is 0.496. The molecule has 0 bridgehead atoms. The Balaban J connectivity index is 1.67. The van der Waals surface area contributed by atoms with E-state index in [-0.39, 0.29) is 52.4 Å². The van der Waals surface area contributed by atoms with E-state index in [0.717, 1.165) is 31.3 Å². The highest BCUT2D eigenvalue weighted by molar-refractivity contribution is 5.74. The molecule has 7 unspecified atom stereocenters. The van der Waals surface area contributed by atoms with Crippen LogP contribution in [0.25, 0.3) is 0 Å². The molecular formula is C27H38O6. The van der Waals surface area contributed by atoms with Crippen LogP contribution in [0.5, 0.6) is 0 Å². The van der Waals surface area contributed by atoms with Crippen LogP contribution in [0, 0.1) is 40.4 Å². The number of esters is 2. The molecule has 1 spiro atoms. The molecule has 6 nitrogen and oxygen atoms in total. The Morgan fingerprint density at radius 3 is 2.70 bits per heavy atom. The average Bonchev–Trinajstić information content (AvgIpc) is 3.31. The molecule has 4 aliphatic carbocycles. The number of aliphatic hydroxyl groups is 2. The first-order valence-corrected chi connectivity index (χ1v) is 12.6. The largest absolute Gasteiger partial charge is 0.469 e. The molecule has 10 atom stereocenters. The Morgan fingerprint density at radius 1 is 1.30 bits per heavy atom. The fraction of sp³-hybridized carbons (Fsp3) is 0.778. The van der Waals surface area contributed by atoms with Gasteiger partial charge in [-0.1, -0.05) is 31.6 Å². The molecular weight excluding hydrogens is 420 g/mol. The van der Waals surface area contributed by atoms with E-state index in [1.54, 1.807) is 6.08 Å². The van der Waals surface area contributed by atoms with Gasteiger partial charge in [-0.2, -0.15) is 0 Å². The zero-order chi connectivity index (χ0) is 23.8. The van der Waals surface area contributed by atoms with Crippen molar-refractivity contribution < 1.29 is 29.3 Å². The molecule has 3 saturated carbocycles. The molecule has 33 heavy (non-hydrogen) atoms. The van der Waals surface area contributed by atoms with Crippen molar-refractivity contribution in [1.82, 2.24) is 0 Å². The van der Waals surface area contributed by atoms with Crippen LogP contribution in [-0.2, 0) is 19.1 Å². The average molecular weight is 459 g/mol. The van der Waals surface area contributed by atoms with Crippen molar-refractivity contribution in [3.05, 3.63) is 24.3 Å². The number of carbonyl (C=O) groups is 2. The smallest absolute Gasteiger partial charge is 0.309 e. The van der Waals surface area contributed by atoms with Crippen LogP contribution >= 0.6 is 0 Å². The van der Waals surface area contributed by atoms with Crippen LogP contribution in [0.1, 0.15) is 65.2 Å². The Bertz CT molecular complexity index is 895. The molecule has 0 aromatic carbocycles. The van der Waals surface area contributed by atoms with E-state index < -0.39 is 17.8 Å². The number of carbonyl (C=O) groups excluding carboxylic acids is 2. The van der Waals surface area contributed by atoms with E-state index in [9.17, 15) is 19.8 Å². The van der Waals surface area contributed by atoms with Gasteiger partial charge in [0.25, 0.3) is 0 Å². The Kier molecular flexibility index (Phi) is 5.37. The minimum atomic E-state index is -0.716. The number of fused-ring (bicyclic) bond motifs is 6. The lowest BCUT2D eigenvalue weighted by atomic mass is 9.41. The number of methoxy groups -OCH3 is 1. The van der Waals surface area contributed by atoms with Gasteiger partial charge in [-0.3, -0.25) is 9.59 Å². The van der Waals surface area contributed by atoms with Crippen LogP contribution in [0.4, 0.5) is 0 Å². The standard InChI is InChI=1S/C27H38O6/c1-5-20(29)18-14-26(3)19(7-10-27(26)11-8-21(30)33-27)22-17(24(31)32-4)13-15-12-16(28)6-9-25(15,2)23(18)22/h5,12,16-20,22-23,28-29H,1,6-11,13-14H2,2-4H3/t16?,17-,18+,19?,20+,22?,23?,25?,26?,27?/m1/s1. The lowest BCUT2D eigenvalue weighted by Gasteiger charge is -2.64. The fourth-order valence-electron chi connectivity index (χ4n) is 9.14. The highest BCUT2D eigenvalue weighted by Gasteiger charge is 2.71. The molecule has 0 aromatic rings. The van der Waals surface area contributed by atoms with Crippen LogP contribution in [0.3, 0.4) is 0 Å². The maximum Gasteiger partial charge on any atom is 0.309 e. The maximum atomic E-state index is 13.2. The minimum absolute atomic E-state index is 0.0202. The maximum absolute atomic E-state index is 13.2. The second-order valence-corrected chi connectivity index (χ2v) is 11.8. The third-order valence-electron chi connectivity index (χ3n) is 10.7. The third kappa shape index (κ3) is 3.05. The van der Waals surface area contributed by atoms with Crippen LogP contribution in [0.15, 0.2) is 24.3 Å². The van der Waals surface area contributed by atoms with E-state index in [2.05, 4.69) is 20.4 Å². The number of allylic oxidation sites excluding steroid dienone is 1. The van der Waals surface area contributed by atoms with Crippen molar-refractivity contribution in [2.24, 2.45) is 40.4 Å². The predicted octanol–water partition coefficient (Wildman–Crippen LogP) is 3.56. The number of hydrogen-bond acceptors (Lipinski definition) is 6. The summed E-state index contributed by atoms with van der Waals surface area (Å²) in [7, 11) is 1.45. The molecule has 182 valence electrons. The van der Waals surface area contributed by atoms with Crippen molar-refractivity contribution in [1.29, 1.82) is 0 Å². The van der Waals surface area contributed by atoms with Gasteiger partial charge in [0.15, 0.2) is 0 Å². The SMILES string of the molecule is C=C[C@H](O)[C@@H]1CC2(C)C(CCC23CCC(=O)O3)C2C1C1(C)CCC(O)C=C1C[C@H]2C(=O)OC. The molecule has 4 fully saturated rings. The second kappa shape index (κ2) is 7.67. The summed E-state index contributed by atoms with van der Waals surface area (Å²) in [6.07, 6.45) is 8.08. The van der Waals surface area contributed by atoms with Crippen molar-refractivity contribution in [3.63, 3.8) is 0 Å². The van der Waals surface area contributed by atoms with Gasteiger partial charge in [0.1, 0.15) is 5.60 Å². The van der Waals surface area contributed by atoms with Gasteiger partial charge < -0.3 is 19.7 Å². The summed E-state index contributed by atoms with van der Waals surface area (Å²) in [5.41, 5.74) is 0.0986. The van der Waals surface area contributed by atoms with E-state index >= 15 is 0 Å². The van der Waals surface area contributed by atoms with Crippen molar-refractivity contribution in [3.8, 4) is 0 Å². The second-order valence-electron chi connectivity index (χ2n) is 11.8. The van der Waals surface area contributed by atoms with E-state index in [1.807, 2.05) is 6.08 Å². The van der Waals surface area contributed by atoms with Gasteiger partial charge in [-0.05, 0) is 74.0 Å². The molecule has 1 heterocycles. The Morgan fingerprint density at radius 2 is 2.06 bits per heavy atom. The lowest BCUT2D eigenvalue weighted by molar-refractivity contribution is -0.194. The summed E-state index contributed by atoms with van der Waals surface area (Å²) in [5, 5.41) is 21.7. The predicted molar refractivity (Wildman–Crippen MR) is 122 cm³/mol. The zero-order valence-electron chi connectivity index (χ0n) is 20.1. The van der Waals surface area contributed by atoms with Gasteiger partial charge in [0, 0.05) is 11.8 Å². The first kappa shape index (κ1) is 23.1. The third-order valence-corrected chi connectivity index (χ3v) is 10.7. The highest BCUT2D eigenvalue weighted by atomic mass is 16.6. The number of aliphatic hydroxyl groups excluding tert-OH is 2. The van der Waals surface area contributed by atoms with Gasteiger partial charge in [0.2, 0.25) is 0 Å². The monoisotopic (exact) mass is 458 g/mol. The molecule has 2 N–H and O–H groups in total. The fourth-order valence-corrected chi connectivity index (χ4v) is 9.14. The highest BCUT2D eigenvalue weighted by Crippen LogP contribution is 2.72. The Labute approximate surface area is 196 Å². The summed E-state index contributed by atoms with van der Waals surface area (Å²) in [4.78, 5) is 25.5. The summed E-state index contributed by atoms with van der Waals surface area (Å²) < 4.78 is 11.4. The Hall–Kier alpha value is -1.66. The van der Waals surface area contributed by atoms with Crippen LogP contribution < -0.4 is 0 Å². The molecule has 0 radical (unpaired) electrons. The number of rotatable bonds is 3. The first-order chi connectivity index (χ1) is 15.6.